The lowest BCUT2D eigenvalue weighted by molar-refractivity contribution is 0.572. The lowest BCUT2D eigenvalue weighted by Crippen LogP contribution is -1.87. The van der Waals surface area contributed by atoms with Gasteiger partial charge in [0.15, 0.2) is 0 Å². The molecular formula is C9H5ClFN3S. The highest BCUT2D eigenvalue weighted by molar-refractivity contribution is 7.99. The summed E-state index contributed by atoms with van der Waals surface area (Å²) in [5.41, 5.74) is 0. The van der Waals surface area contributed by atoms with Crippen LogP contribution in [0.2, 0.25) is 5.02 Å². The number of halogens is 2. The van der Waals surface area contributed by atoms with Crippen LogP contribution in [0.5, 0.6) is 0 Å². The normalized spacial score (nSPS) is 10.3. The van der Waals surface area contributed by atoms with Gasteiger partial charge in [-0.1, -0.05) is 11.6 Å². The molecule has 0 saturated heterocycles. The van der Waals surface area contributed by atoms with Crippen molar-refractivity contribution in [1.29, 1.82) is 0 Å². The van der Waals surface area contributed by atoms with Crippen LogP contribution in [0.25, 0.3) is 0 Å². The molecule has 0 aliphatic rings. The second-order valence-electron chi connectivity index (χ2n) is 2.60. The Morgan fingerprint density at radius 3 is 2.67 bits per heavy atom. The Bertz CT molecular complexity index is 463. The summed E-state index contributed by atoms with van der Waals surface area (Å²) in [7, 11) is 0. The lowest BCUT2D eigenvalue weighted by atomic mass is 10.5. The van der Waals surface area contributed by atoms with E-state index in [1.807, 2.05) is 0 Å². The van der Waals surface area contributed by atoms with Crippen LogP contribution in [-0.4, -0.2) is 15.0 Å². The molecule has 15 heavy (non-hydrogen) atoms. The first kappa shape index (κ1) is 10.3. The highest BCUT2D eigenvalue weighted by Crippen LogP contribution is 2.24. The maximum atomic E-state index is 12.7. The van der Waals surface area contributed by atoms with Gasteiger partial charge in [0.25, 0.3) is 0 Å². The van der Waals surface area contributed by atoms with Crippen molar-refractivity contribution in [1.82, 2.24) is 15.0 Å². The SMILES string of the molecule is Fc1cc(Sc2ccc(Cl)cn2)ncn1. The predicted octanol–water partition coefficient (Wildman–Crippen LogP) is 2.82. The minimum atomic E-state index is -0.554. The zero-order chi connectivity index (χ0) is 10.7. The van der Waals surface area contributed by atoms with Gasteiger partial charge in [-0.3, -0.25) is 0 Å². The van der Waals surface area contributed by atoms with Gasteiger partial charge in [0.2, 0.25) is 5.95 Å². The smallest absolute Gasteiger partial charge is 0.217 e. The number of pyridine rings is 1. The van der Waals surface area contributed by atoms with E-state index in [9.17, 15) is 4.39 Å². The molecule has 0 saturated carbocycles. The van der Waals surface area contributed by atoms with E-state index in [-0.39, 0.29) is 0 Å². The quantitative estimate of drug-likeness (QED) is 0.758. The van der Waals surface area contributed by atoms with Crippen LogP contribution in [0.15, 0.2) is 40.8 Å². The van der Waals surface area contributed by atoms with E-state index in [2.05, 4.69) is 15.0 Å². The minimum Gasteiger partial charge on any atom is -0.248 e. The molecule has 2 rings (SSSR count). The molecule has 2 heterocycles. The van der Waals surface area contributed by atoms with Crippen molar-refractivity contribution in [3.05, 3.63) is 41.7 Å². The van der Waals surface area contributed by atoms with E-state index in [0.717, 1.165) is 0 Å². The van der Waals surface area contributed by atoms with Gasteiger partial charge < -0.3 is 0 Å². The molecule has 0 bridgehead atoms. The molecule has 0 aromatic carbocycles. The molecule has 0 N–H and O–H groups in total. The van der Waals surface area contributed by atoms with E-state index in [1.165, 1.54) is 30.4 Å². The number of nitrogens with zero attached hydrogens (tertiary/aromatic N) is 3. The Kier molecular flexibility index (Phi) is 3.13. The first-order chi connectivity index (χ1) is 7.24. The van der Waals surface area contributed by atoms with Crippen LogP contribution in [-0.2, 0) is 0 Å². The summed E-state index contributed by atoms with van der Waals surface area (Å²) in [4.78, 5) is 11.3. The summed E-state index contributed by atoms with van der Waals surface area (Å²) >= 11 is 6.93. The third-order valence-corrected chi connectivity index (χ3v) is 2.62. The van der Waals surface area contributed by atoms with Crippen molar-refractivity contribution in [2.45, 2.75) is 10.1 Å². The number of rotatable bonds is 2. The van der Waals surface area contributed by atoms with Gasteiger partial charge in [0.05, 0.1) is 5.02 Å². The summed E-state index contributed by atoms with van der Waals surface area (Å²) in [6, 6.07) is 4.71. The van der Waals surface area contributed by atoms with E-state index in [1.54, 1.807) is 12.1 Å². The third kappa shape index (κ3) is 2.87. The Balaban J connectivity index is 2.18. The van der Waals surface area contributed by atoms with Crippen molar-refractivity contribution in [2.75, 3.05) is 0 Å². The van der Waals surface area contributed by atoms with Gasteiger partial charge in [-0.15, -0.1) is 0 Å². The average molecular weight is 242 g/mol. The average Bonchev–Trinajstić information content (AvgIpc) is 2.22. The molecule has 0 unspecified atom stereocenters. The fourth-order valence-electron chi connectivity index (χ4n) is 0.903. The Morgan fingerprint density at radius 1 is 1.13 bits per heavy atom. The molecule has 0 atom stereocenters. The molecule has 76 valence electrons. The van der Waals surface area contributed by atoms with E-state index < -0.39 is 5.95 Å². The molecule has 0 fully saturated rings. The van der Waals surface area contributed by atoms with Crippen molar-refractivity contribution >= 4 is 23.4 Å². The van der Waals surface area contributed by atoms with E-state index in [4.69, 9.17) is 11.6 Å². The van der Waals surface area contributed by atoms with Crippen LogP contribution >= 0.6 is 23.4 Å². The fourth-order valence-corrected chi connectivity index (χ4v) is 1.73. The zero-order valence-corrected chi connectivity index (χ0v) is 8.96. The van der Waals surface area contributed by atoms with Crippen molar-refractivity contribution in [2.24, 2.45) is 0 Å². The number of hydrogen-bond acceptors (Lipinski definition) is 4. The highest BCUT2D eigenvalue weighted by atomic mass is 35.5. The van der Waals surface area contributed by atoms with E-state index >= 15 is 0 Å². The van der Waals surface area contributed by atoms with E-state index in [0.29, 0.717) is 15.1 Å². The topological polar surface area (TPSA) is 38.7 Å². The summed E-state index contributed by atoms with van der Waals surface area (Å²) < 4.78 is 12.7. The molecule has 0 spiro atoms. The molecule has 2 aromatic rings. The molecular weight excluding hydrogens is 237 g/mol. The molecule has 6 heteroatoms. The molecule has 2 aromatic heterocycles. The number of hydrogen-bond donors (Lipinski definition) is 0. The van der Waals surface area contributed by atoms with Crippen LogP contribution in [0.4, 0.5) is 4.39 Å². The van der Waals surface area contributed by atoms with Crippen LogP contribution in [0.3, 0.4) is 0 Å². The van der Waals surface area contributed by atoms with Gasteiger partial charge in [0.1, 0.15) is 16.4 Å². The van der Waals surface area contributed by atoms with Gasteiger partial charge in [-0.05, 0) is 23.9 Å². The van der Waals surface area contributed by atoms with Crippen molar-refractivity contribution < 1.29 is 4.39 Å². The zero-order valence-electron chi connectivity index (χ0n) is 7.39. The summed E-state index contributed by atoms with van der Waals surface area (Å²) in [6.45, 7) is 0. The summed E-state index contributed by atoms with van der Waals surface area (Å²) in [5, 5.41) is 1.78. The number of aromatic nitrogens is 3. The fraction of sp³-hybridized carbons (Fsp3) is 0. The molecule has 0 amide bonds. The predicted molar refractivity (Wildman–Crippen MR) is 55.4 cm³/mol. The van der Waals surface area contributed by atoms with Crippen LogP contribution in [0.1, 0.15) is 0 Å². The summed E-state index contributed by atoms with van der Waals surface area (Å²) in [6.07, 6.45) is 2.70. The molecule has 0 aliphatic carbocycles. The Hall–Kier alpha value is -1.20. The summed E-state index contributed by atoms with van der Waals surface area (Å²) in [5.74, 6) is -0.554. The maximum absolute atomic E-state index is 12.7. The van der Waals surface area contributed by atoms with Crippen LogP contribution < -0.4 is 0 Å². The van der Waals surface area contributed by atoms with Crippen molar-refractivity contribution in [3.63, 3.8) is 0 Å². The second kappa shape index (κ2) is 4.55. The van der Waals surface area contributed by atoms with Gasteiger partial charge >= 0.3 is 0 Å². The second-order valence-corrected chi connectivity index (χ2v) is 4.07. The lowest BCUT2D eigenvalue weighted by Gasteiger charge is -1.99. The maximum Gasteiger partial charge on any atom is 0.217 e. The van der Waals surface area contributed by atoms with Crippen LogP contribution in [0, 0.1) is 5.95 Å². The molecule has 0 aliphatic heterocycles. The van der Waals surface area contributed by atoms with Gasteiger partial charge in [-0.25, -0.2) is 15.0 Å². The van der Waals surface area contributed by atoms with Gasteiger partial charge in [0, 0.05) is 12.3 Å². The monoisotopic (exact) mass is 241 g/mol. The Labute approximate surface area is 94.7 Å². The largest absolute Gasteiger partial charge is 0.248 e. The highest BCUT2D eigenvalue weighted by Gasteiger charge is 2.01. The third-order valence-electron chi connectivity index (χ3n) is 1.52. The first-order valence-electron chi connectivity index (χ1n) is 4.01. The Morgan fingerprint density at radius 2 is 2.00 bits per heavy atom. The standard InChI is InChI=1S/C9H5ClFN3S/c10-6-1-2-8(12-4-6)15-9-3-7(11)13-5-14-9/h1-5H. The van der Waals surface area contributed by atoms with Gasteiger partial charge in [-0.2, -0.15) is 4.39 Å². The molecule has 0 radical (unpaired) electrons. The first-order valence-corrected chi connectivity index (χ1v) is 5.20. The molecule has 3 nitrogen and oxygen atoms in total. The van der Waals surface area contributed by atoms with Crippen molar-refractivity contribution in [3.8, 4) is 0 Å². The minimum absolute atomic E-state index is 0.511.